The van der Waals surface area contributed by atoms with Gasteiger partial charge in [-0.2, -0.15) is 0 Å². The lowest BCUT2D eigenvalue weighted by Gasteiger charge is -1.96. The summed E-state index contributed by atoms with van der Waals surface area (Å²) in [6.07, 6.45) is 12.9. The Morgan fingerprint density at radius 2 is 1.90 bits per heavy atom. The van der Waals surface area contributed by atoms with Crippen LogP contribution < -0.4 is 0 Å². The van der Waals surface area contributed by atoms with Gasteiger partial charge in [0.05, 0.1) is 0 Å². The monoisotopic (exact) mass is 136 g/mol. The Labute approximate surface area is 62.8 Å². The second kappa shape index (κ2) is 8.08. The quantitative estimate of drug-likeness (QED) is 0.410. The highest BCUT2D eigenvalue weighted by Gasteiger charge is 1.84. The zero-order chi connectivity index (χ0) is 7.66. The van der Waals surface area contributed by atoms with Crippen molar-refractivity contribution in [3.8, 4) is 24.7 Å². The van der Waals surface area contributed by atoms with Gasteiger partial charge in [0.15, 0.2) is 0 Å². The van der Waals surface area contributed by atoms with Crippen LogP contribution in [0, 0.1) is 24.7 Å². The SMILES string of the molecule is C#CCCCCOCC#C. The summed E-state index contributed by atoms with van der Waals surface area (Å²) in [5, 5.41) is 0. The molecule has 0 rings (SSSR count). The number of rotatable bonds is 5. The van der Waals surface area contributed by atoms with Crippen LogP contribution in [0.25, 0.3) is 0 Å². The van der Waals surface area contributed by atoms with Gasteiger partial charge in [0.2, 0.25) is 0 Å². The smallest absolute Gasteiger partial charge is 0.107 e. The first-order valence-electron chi connectivity index (χ1n) is 3.36. The van der Waals surface area contributed by atoms with E-state index in [1.807, 2.05) is 0 Å². The van der Waals surface area contributed by atoms with E-state index in [-0.39, 0.29) is 0 Å². The van der Waals surface area contributed by atoms with Crippen LogP contribution in [0.4, 0.5) is 0 Å². The summed E-state index contributed by atoms with van der Waals surface area (Å²) < 4.78 is 5.02. The van der Waals surface area contributed by atoms with Gasteiger partial charge in [-0.3, -0.25) is 0 Å². The molecule has 54 valence electrons. The van der Waals surface area contributed by atoms with E-state index >= 15 is 0 Å². The molecule has 0 aromatic rings. The van der Waals surface area contributed by atoms with Gasteiger partial charge >= 0.3 is 0 Å². The third-order valence-electron chi connectivity index (χ3n) is 1.05. The van der Waals surface area contributed by atoms with Gasteiger partial charge in [-0.05, 0) is 12.8 Å². The van der Waals surface area contributed by atoms with E-state index in [4.69, 9.17) is 17.6 Å². The second-order valence-corrected chi connectivity index (χ2v) is 1.92. The maximum absolute atomic E-state index is 5.05. The molecule has 10 heavy (non-hydrogen) atoms. The summed E-state index contributed by atoms with van der Waals surface area (Å²) in [5.41, 5.74) is 0. The number of terminal acetylenes is 2. The second-order valence-electron chi connectivity index (χ2n) is 1.92. The molecule has 0 aliphatic heterocycles. The van der Waals surface area contributed by atoms with E-state index in [9.17, 15) is 0 Å². The van der Waals surface area contributed by atoms with Crippen LogP contribution >= 0.6 is 0 Å². The van der Waals surface area contributed by atoms with Crippen LogP contribution in [0.3, 0.4) is 0 Å². The first-order chi connectivity index (χ1) is 4.91. The lowest BCUT2D eigenvalue weighted by atomic mass is 10.2. The molecule has 0 aliphatic rings. The van der Waals surface area contributed by atoms with Gasteiger partial charge in [-0.15, -0.1) is 18.8 Å². The van der Waals surface area contributed by atoms with Gasteiger partial charge in [0.1, 0.15) is 6.61 Å². The molecular formula is C9H12O. The molecule has 0 aromatic carbocycles. The first-order valence-corrected chi connectivity index (χ1v) is 3.36. The molecule has 0 amide bonds. The zero-order valence-corrected chi connectivity index (χ0v) is 6.10. The van der Waals surface area contributed by atoms with Crippen LogP contribution in [0.5, 0.6) is 0 Å². The maximum atomic E-state index is 5.05. The van der Waals surface area contributed by atoms with Crippen LogP contribution in [0.2, 0.25) is 0 Å². The topological polar surface area (TPSA) is 9.23 Å². The third-order valence-corrected chi connectivity index (χ3v) is 1.05. The summed E-state index contributed by atoms with van der Waals surface area (Å²) in [5.74, 6) is 4.96. The average Bonchev–Trinajstić information content (AvgIpc) is 1.97. The molecule has 1 heteroatoms. The van der Waals surface area contributed by atoms with E-state index in [0.717, 1.165) is 25.9 Å². The molecule has 0 aliphatic carbocycles. The molecule has 0 N–H and O–H groups in total. The predicted octanol–water partition coefficient (Wildman–Crippen LogP) is 1.44. The van der Waals surface area contributed by atoms with Crippen molar-refractivity contribution in [1.29, 1.82) is 0 Å². The Bertz CT molecular complexity index is 118. The molecule has 0 heterocycles. The predicted molar refractivity (Wildman–Crippen MR) is 42.3 cm³/mol. The standard InChI is InChI=1S/C9H12O/c1-3-5-6-7-9-10-8-4-2/h1-2H,5-9H2. The minimum absolute atomic E-state index is 0.413. The number of hydrogen-bond donors (Lipinski definition) is 0. The highest BCUT2D eigenvalue weighted by molar-refractivity contribution is 4.83. The molecule has 0 spiro atoms. The van der Waals surface area contributed by atoms with Crippen molar-refractivity contribution in [2.75, 3.05) is 13.2 Å². The van der Waals surface area contributed by atoms with Gasteiger partial charge in [0, 0.05) is 13.0 Å². The fourth-order valence-corrected chi connectivity index (χ4v) is 0.562. The Kier molecular flexibility index (Phi) is 7.34. The molecule has 0 saturated carbocycles. The first kappa shape index (κ1) is 9.08. The summed E-state index contributed by atoms with van der Waals surface area (Å²) in [6, 6.07) is 0. The van der Waals surface area contributed by atoms with Crippen molar-refractivity contribution in [2.24, 2.45) is 0 Å². The van der Waals surface area contributed by atoms with Crippen LogP contribution in [-0.4, -0.2) is 13.2 Å². The highest BCUT2D eigenvalue weighted by atomic mass is 16.5. The van der Waals surface area contributed by atoms with Crippen LogP contribution in [-0.2, 0) is 4.74 Å². The number of ether oxygens (including phenoxy) is 1. The van der Waals surface area contributed by atoms with Crippen molar-refractivity contribution in [3.63, 3.8) is 0 Å². The van der Waals surface area contributed by atoms with Crippen molar-refractivity contribution in [2.45, 2.75) is 19.3 Å². The van der Waals surface area contributed by atoms with Crippen molar-refractivity contribution in [3.05, 3.63) is 0 Å². The van der Waals surface area contributed by atoms with Crippen molar-refractivity contribution >= 4 is 0 Å². The molecular weight excluding hydrogens is 124 g/mol. The number of hydrogen-bond acceptors (Lipinski definition) is 1. The lowest BCUT2D eigenvalue weighted by Crippen LogP contribution is -1.93. The largest absolute Gasteiger partial charge is 0.369 e. The maximum Gasteiger partial charge on any atom is 0.107 e. The third kappa shape index (κ3) is 7.08. The number of unbranched alkanes of at least 4 members (excludes halogenated alkanes) is 2. The van der Waals surface area contributed by atoms with Gasteiger partial charge in [0.25, 0.3) is 0 Å². The zero-order valence-electron chi connectivity index (χ0n) is 6.10. The van der Waals surface area contributed by atoms with Gasteiger partial charge in [-0.1, -0.05) is 5.92 Å². The summed E-state index contributed by atoms with van der Waals surface area (Å²) in [4.78, 5) is 0. The van der Waals surface area contributed by atoms with Crippen molar-refractivity contribution in [1.82, 2.24) is 0 Å². The molecule has 0 radical (unpaired) electrons. The lowest BCUT2D eigenvalue weighted by molar-refractivity contribution is 0.163. The van der Waals surface area contributed by atoms with Gasteiger partial charge < -0.3 is 4.74 Å². The fourth-order valence-electron chi connectivity index (χ4n) is 0.562. The molecule has 0 saturated heterocycles. The minimum Gasteiger partial charge on any atom is -0.369 e. The Hall–Kier alpha value is -0.920. The molecule has 0 aromatic heterocycles. The molecule has 0 fully saturated rings. The van der Waals surface area contributed by atoms with Crippen LogP contribution in [0.15, 0.2) is 0 Å². The van der Waals surface area contributed by atoms with E-state index in [1.165, 1.54) is 0 Å². The van der Waals surface area contributed by atoms with Crippen molar-refractivity contribution < 1.29 is 4.74 Å². The molecule has 0 bridgehead atoms. The molecule has 1 nitrogen and oxygen atoms in total. The van der Waals surface area contributed by atoms with E-state index in [0.29, 0.717) is 6.61 Å². The van der Waals surface area contributed by atoms with E-state index in [1.54, 1.807) is 0 Å². The Morgan fingerprint density at radius 3 is 2.50 bits per heavy atom. The normalized spacial score (nSPS) is 8.20. The summed E-state index contributed by atoms with van der Waals surface area (Å²) in [6.45, 7) is 1.14. The summed E-state index contributed by atoms with van der Waals surface area (Å²) >= 11 is 0. The van der Waals surface area contributed by atoms with E-state index in [2.05, 4.69) is 11.8 Å². The Morgan fingerprint density at radius 1 is 1.10 bits per heavy atom. The fraction of sp³-hybridized carbons (Fsp3) is 0.556. The van der Waals surface area contributed by atoms with Gasteiger partial charge in [-0.25, -0.2) is 0 Å². The molecule has 0 atom stereocenters. The minimum atomic E-state index is 0.413. The molecule has 0 unspecified atom stereocenters. The van der Waals surface area contributed by atoms with E-state index < -0.39 is 0 Å². The highest BCUT2D eigenvalue weighted by Crippen LogP contribution is 1.93. The average molecular weight is 136 g/mol. The summed E-state index contributed by atoms with van der Waals surface area (Å²) in [7, 11) is 0. The Balaban J connectivity index is 2.80. The van der Waals surface area contributed by atoms with Crippen LogP contribution in [0.1, 0.15) is 19.3 Å².